The van der Waals surface area contributed by atoms with Crippen molar-refractivity contribution in [2.45, 2.75) is 13.3 Å². The number of nitrogens with one attached hydrogen (secondary N) is 1. The van der Waals surface area contributed by atoms with Crippen LogP contribution in [0.5, 0.6) is 5.75 Å². The lowest BCUT2D eigenvalue weighted by Gasteiger charge is -2.09. The highest BCUT2D eigenvalue weighted by atomic mass is 79.9. The van der Waals surface area contributed by atoms with E-state index in [9.17, 15) is 4.79 Å². The minimum atomic E-state index is -0.292. The smallest absolute Gasteiger partial charge is 0.309 e. The molecule has 6 nitrogen and oxygen atoms in total. The van der Waals surface area contributed by atoms with E-state index in [-0.39, 0.29) is 24.1 Å². The van der Waals surface area contributed by atoms with Gasteiger partial charge in [0.15, 0.2) is 5.11 Å². The first-order chi connectivity index (χ1) is 10.0. The van der Waals surface area contributed by atoms with E-state index >= 15 is 0 Å². The van der Waals surface area contributed by atoms with Gasteiger partial charge in [-0.25, -0.2) is 0 Å². The van der Waals surface area contributed by atoms with Gasteiger partial charge in [-0.1, -0.05) is 15.9 Å². The fraction of sp³-hybridized carbons (Fsp3) is 0.308. The van der Waals surface area contributed by atoms with Crippen LogP contribution in [0.1, 0.15) is 18.9 Å². The lowest BCUT2D eigenvalue weighted by Crippen LogP contribution is -2.24. The van der Waals surface area contributed by atoms with Crippen LogP contribution in [0.15, 0.2) is 27.8 Å². The maximum Gasteiger partial charge on any atom is 0.309 e. The van der Waals surface area contributed by atoms with Gasteiger partial charge in [0.05, 0.1) is 25.8 Å². The molecule has 0 unspecified atom stereocenters. The summed E-state index contributed by atoms with van der Waals surface area (Å²) in [5.41, 5.74) is 8.47. The fourth-order valence-electron chi connectivity index (χ4n) is 1.39. The van der Waals surface area contributed by atoms with Crippen molar-refractivity contribution in [3.63, 3.8) is 0 Å². The molecule has 0 saturated carbocycles. The standard InChI is InChI=1S/C13H16BrN3O3S/c1-2-19-12(18)5-6-20-11-4-3-10(14)7-9(11)8-16-17-13(15)21/h3-4,7-8H,2,5-6H2,1H3,(H3,15,17,21). The van der Waals surface area contributed by atoms with Crippen LogP contribution >= 0.6 is 28.1 Å². The van der Waals surface area contributed by atoms with Crippen LogP contribution in [0.4, 0.5) is 0 Å². The van der Waals surface area contributed by atoms with Crippen LogP contribution in [0, 0.1) is 0 Å². The molecule has 0 atom stereocenters. The molecule has 0 bridgehead atoms. The van der Waals surface area contributed by atoms with Gasteiger partial charge in [0.25, 0.3) is 0 Å². The highest BCUT2D eigenvalue weighted by Crippen LogP contribution is 2.22. The van der Waals surface area contributed by atoms with Crippen molar-refractivity contribution in [2.75, 3.05) is 13.2 Å². The van der Waals surface area contributed by atoms with E-state index in [1.54, 1.807) is 13.0 Å². The molecule has 1 rings (SSSR count). The molecule has 0 fully saturated rings. The summed E-state index contributed by atoms with van der Waals surface area (Å²) < 4.78 is 11.3. The number of hydrazone groups is 1. The molecule has 0 aliphatic carbocycles. The van der Waals surface area contributed by atoms with Crippen molar-refractivity contribution < 1.29 is 14.3 Å². The van der Waals surface area contributed by atoms with Gasteiger partial charge in [0, 0.05) is 10.0 Å². The molecule has 0 aromatic heterocycles. The summed E-state index contributed by atoms with van der Waals surface area (Å²) in [5, 5.41) is 3.96. The van der Waals surface area contributed by atoms with Crippen LogP contribution in [-0.2, 0) is 9.53 Å². The van der Waals surface area contributed by atoms with Crippen molar-refractivity contribution in [3.05, 3.63) is 28.2 Å². The van der Waals surface area contributed by atoms with Crippen molar-refractivity contribution in [2.24, 2.45) is 10.8 Å². The third kappa shape index (κ3) is 7.05. The average Bonchev–Trinajstić information content (AvgIpc) is 2.41. The van der Waals surface area contributed by atoms with E-state index in [1.165, 1.54) is 6.21 Å². The zero-order chi connectivity index (χ0) is 15.7. The number of ether oxygens (including phenoxy) is 2. The van der Waals surface area contributed by atoms with E-state index in [2.05, 4.69) is 38.7 Å². The zero-order valence-electron chi connectivity index (χ0n) is 11.5. The molecule has 0 heterocycles. The van der Waals surface area contributed by atoms with Crippen molar-refractivity contribution >= 4 is 45.4 Å². The van der Waals surface area contributed by atoms with Crippen LogP contribution in [0.3, 0.4) is 0 Å². The Kier molecular flexibility index (Phi) is 7.70. The molecular weight excluding hydrogens is 358 g/mol. The Morgan fingerprint density at radius 1 is 1.57 bits per heavy atom. The highest BCUT2D eigenvalue weighted by Gasteiger charge is 2.06. The second-order valence-electron chi connectivity index (χ2n) is 3.82. The molecule has 114 valence electrons. The number of benzene rings is 1. The summed E-state index contributed by atoms with van der Waals surface area (Å²) in [5.74, 6) is 0.302. The first-order valence-electron chi connectivity index (χ1n) is 6.19. The molecule has 21 heavy (non-hydrogen) atoms. The predicted molar refractivity (Wildman–Crippen MR) is 88.4 cm³/mol. The number of thiocarbonyl (C=S) groups is 1. The molecule has 0 amide bonds. The molecule has 1 aromatic rings. The minimum Gasteiger partial charge on any atom is -0.492 e. The maximum atomic E-state index is 11.2. The lowest BCUT2D eigenvalue weighted by molar-refractivity contribution is -0.143. The third-order valence-corrected chi connectivity index (χ3v) is 2.80. The van der Waals surface area contributed by atoms with Gasteiger partial charge < -0.3 is 15.2 Å². The number of nitrogens with two attached hydrogens (primary N) is 1. The first kappa shape index (κ1) is 17.4. The van der Waals surface area contributed by atoms with Gasteiger partial charge >= 0.3 is 5.97 Å². The predicted octanol–water partition coefficient (Wildman–Crippen LogP) is 1.95. The third-order valence-electron chi connectivity index (χ3n) is 2.22. The second kappa shape index (κ2) is 9.30. The highest BCUT2D eigenvalue weighted by molar-refractivity contribution is 9.10. The van der Waals surface area contributed by atoms with E-state index in [0.717, 1.165) is 10.0 Å². The van der Waals surface area contributed by atoms with Crippen LogP contribution in [-0.4, -0.2) is 30.5 Å². The summed E-state index contributed by atoms with van der Waals surface area (Å²) in [6, 6.07) is 5.43. The Morgan fingerprint density at radius 2 is 2.33 bits per heavy atom. The molecule has 8 heteroatoms. The van der Waals surface area contributed by atoms with Crippen LogP contribution < -0.4 is 15.9 Å². The average molecular weight is 374 g/mol. The number of carbonyl (C=O) groups is 1. The number of hydrogen-bond donors (Lipinski definition) is 2. The van der Waals surface area contributed by atoms with Crippen molar-refractivity contribution in [1.82, 2.24) is 5.43 Å². The molecular formula is C13H16BrN3O3S. The quantitative estimate of drug-likeness (QED) is 0.328. The molecule has 0 radical (unpaired) electrons. The minimum absolute atomic E-state index is 0.0750. The largest absolute Gasteiger partial charge is 0.492 e. The van der Waals surface area contributed by atoms with Gasteiger partial charge in [-0.3, -0.25) is 10.2 Å². The maximum absolute atomic E-state index is 11.2. The molecule has 0 aliphatic heterocycles. The van der Waals surface area contributed by atoms with Gasteiger partial charge in [-0.15, -0.1) is 0 Å². The number of hydrogen-bond acceptors (Lipinski definition) is 5. The molecule has 1 aromatic carbocycles. The van der Waals surface area contributed by atoms with Gasteiger partial charge in [0.2, 0.25) is 0 Å². The molecule has 0 aliphatic rings. The Balaban J connectivity index is 2.66. The second-order valence-corrected chi connectivity index (χ2v) is 5.18. The summed E-state index contributed by atoms with van der Waals surface area (Å²) in [6.45, 7) is 2.35. The Morgan fingerprint density at radius 3 is 3.00 bits per heavy atom. The topological polar surface area (TPSA) is 85.9 Å². The molecule has 3 N–H and O–H groups in total. The number of rotatable bonds is 7. The van der Waals surface area contributed by atoms with Crippen molar-refractivity contribution in [3.8, 4) is 5.75 Å². The first-order valence-corrected chi connectivity index (χ1v) is 7.39. The number of nitrogens with zero attached hydrogens (tertiary/aromatic N) is 1. The molecule has 0 spiro atoms. The Labute approximate surface area is 136 Å². The molecule has 0 saturated heterocycles. The SMILES string of the molecule is CCOC(=O)CCOc1ccc(Br)cc1C=NNC(N)=S. The van der Waals surface area contributed by atoms with Gasteiger partial charge in [0.1, 0.15) is 5.75 Å². The Hall–Kier alpha value is -1.67. The monoisotopic (exact) mass is 373 g/mol. The summed E-state index contributed by atoms with van der Waals surface area (Å²) in [6.07, 6.45) is 1.72. The summed E-state index contributed by atoms with van der Waals surface area (Å²) >= 11 is 8.02. The number of esters is 1. The number of carbonyl (C=O) groups excluding carboxylic acids is 1. The van der Waals surface area contributed by atoms with Crippen molar-refractivity contribution in [1.29, 1.82) is 0 Å². The van der Waals surface area contributed by atoms with Gasteiger partial charge in [-0.2, -0.15) is 5.10 Å². The van der Waals surface area contributed by atoms with E-state index < -0.39 is 0 Å². The lowest BCUT2D eigenvalue weighted by atomic mass is 10.2. The van der Waals surface area contributed by atoms with E-state index in [4.69, 9.17) is 15.2 Å². The van der Waals surface area contributed by atoms with Crippen LogP contribution in [0.2, 0.25) is 0 Å². The number of halogens is 1. The summed E-state index contributed by atoms with van der Waals surface area (Å²) in [4.78, 5) is 11.2. The van der Waals surface area contributed by atoms with E-state index in [0.29, 0.717) is 12.4 Å². The van der Waals surface area contributed by atoms with Crippen LogP contribution in [0.25, 0.3) is 0 Å². The van der Waals surface area contributed by atoms with Gasteiger partial charge in [-0.05, 0) is 37.3 Å². The van der Waals surface area contributed by atoms with E-state index in [1.807, 2.05) is 12.1 Å². The Bertz CT molecular complexity index is 537. The normalized spacial score (nSPS) is 10.4. The fourth-order valence-corrected chi connectivity index (χ4v) is 1.83. The zero-order valence-corrected chi connectivity index (χ0v) is 13.9. The summed E-state index contributed by atoms with van der Waals surface area (Å²) in [7, 11) is 0.